The minimum atomic E-state index is -3.21. The van der Waals surface area contributed by atoms with E-state index in [0.29, 0.717) is 31.7 Å². The molecule has 146 valence electrons. The van der Waals surface area contributed by atoms with Gasteiger partial charge in [-0.1, -0.05) is 11.6 Å². The van der Waals surface area contributed by atoms with Gasteiger partial charge in [-0.05, 0) is 52.0 Å². The molecule has 6 nitrogen and oxygen atoms in total. The van der Waals surface area contributed by atoms with Gasteiger partial charge in [-0.15, -0.1) is 0 Å². The highest BCUT2D eigenvalue weighted by Gasteiger charge is 2.29. The SMILES string of the molecule is CCS(=O)(=O)N1CCN(C(=O)c2cc(C)ccc2-n2c(C)ccc2C)CC1. The fourth-order valence-electron chi connectivity index (χ4n) is 3.59. The predicted molar refractivity (Wildman–Crippen MR) is 107 cm³/mol. The third-order valence-electron chi connectivity index (χ3n) is 5.18. The lowest BCUT2D eigenvalue weighted by atomic mass is 10.1. The maximum Gasteiger partial charge on any atom is 0.256 e. The fourth-order valence-corrected chi connectivity index (χ4v) is 4.67. The maximum atomic E-state index is 13.3. The Labute approximate surface area is 161 Å². The summed E-state index contributed by atoms with van der Waals surface area (Å²) in [6.07, 6.45) is 0. The number of hydrogen-bond donors (Lipinski definition) is 0. The highest BCUT2D eigenvalue weighted by Crippen LogP contribution is 2.23. The Morgan fingerprint density at radius 3 is 2.11 bits per heavy atom. The van der Waals surface area contributed by atoms with E-state index >= 15 is 0 Å². The highest BCUT2D eigenvalue weighted by molar-refractivity contribution is 7.89. The molecule has 0 bridgehead atoms. The van der Waals surface area contributed by atoms with Crippen molar-refractivity contribution in [2.45, 2.75) is 27.7 Å². The summed E-state index contributed by atoms with van der Waals surface area (Å²) in [7, 11) is -3.21. The molecule has 1 saturated heterocycles. The number of carbonyl (C=O) groups excluding carboxylic acids is 1. The van der Waals surface area contributed by atoms with Gasteiger partial charge in [0.25, 0.3) is 5.91 Å². The van der Waals surface area contributed by atoms with Crippen molar-refractivity contribution in [3.63, 3.8) is 0 Å². The molecule has 0 spiro atoms. The number of carbonyl (C=O) groups is 1. The Morgan fingerprint density at radius 2 is 1.56 bits per heavy atom. The van der Waals surface area contributed by atoms with Crippen LogP contribution in [0.3, 0.4) is 0 Å². The van der Waals surface area contributed by atoms with Gasteiger partial charge < -0.3 is 9.47 Å². The van der Waals surface area contributed by atoms with E-state index in [9.17, 15) is 13.2 Å². The summed E-state index contributed by atoms with van der Waals surface area (Å²) in [5.74, 6) is 0.0459. The van der Waals surface area contributed by atoms with Crippen LogP contribution in [0.1, 0.15) is 34.2 Å². The van der Waals surface area contributed by atoms with Gasteiger partial charge in [0.15, 0.2) is 0 Å². The Balaban J connectivity index is 1.89. The van der Waals surface area contributed by atoms with Crippen molar-refractivity contribution in [3.05, 3.63) is 52.8 Å². The van der Waals surface area contributed by atoms with Crippen molar-refractivity contribution < 1.29 is 13.2 Å². The summed E-state index contributed by atoms with van der Waals surface area (Å²) in [6, 6.07) is 10.00. The molecule has 1 aliphatic rings. The second-order valence-electron chi connectivity index (χ2n) is 7.06. The summed E-state index contributed by atoms with van der Waals surface area (Å²) in [5.41, 5.74) is 4.70. The van der Waals surface area contributed by atoms with Crippen LogP contribution in [0.15, 0.2) is 30.3 Å². The second-order valence-corrected chi connectivity index (χ2v) is 9.32. The van der Waals surface area contributed by atoms with Crippen molar-refractivity contribution >= 4 is 15.9 Å². The van der Waals surface area contributed by atoms with Gasteiger partial charge in [-0.25, -0.2) is 8.42 Å². The number of sulfonamides is 1. The quantitative estimate of drug-likeness (QED) is 0.807. The van der Waals surface area contributed by atoms with Crippen LogP contribution in [0.2, 0.25) is 0 Å². The first-order valence-corrected chi connectivity index (χ1v) is 10.9. The van der Waals surface area contributed by atoms with Gasteiger partial charge in [0.1, 0.15) is 0 Å². The molecule has 0 atom stereocenters. The lowest BCUT2D eigenvalue weighted by molar-refractivity contribution is 0.0698. The largest absolute Gasteiger partial charge is 0.336 e. The van der Waals surface area contributed by atoms with Gasteiger partial charge in [0.2, 0.25) is 10.0 Å². The average molecular weight is 390 g/mol. The molecule has 7 heteroatoms. The molecular formula is C20H27N3O3S. The molecule has 0 radical (unpaired) electrons. The van der Waals surface area contributed by atoms with Gasteiger partial charge in [0, 0.05) is 37.6 Å². The van der Waals surface area contributed by atoms with Crippen LogP contribution in [0.5, 0.6) is 0 Å². The third-order valence-corrected chi connectivity index (χ3v) is 7.06. The number of hydrogen-bond acceptors (Lipinski definition) is 3. The first-order chi connectivity index (χ1) is 12.7. The smallest absolute Gasteiger partial charge is 0.256 e. The standard InChI is InChI=1S/C20H27N3O3S/c1-5-27(25,26)22-12-10-21(11-13-22)20(24)18-14-15(2)6-9-19(18)23-16(3)7-8-17(23)4/h6-9,14H,5,10-13H2,1-4H3. The molecule has 1 amide bonds. The number of amides is 1. The Hall–Kier alpha value is -2.12. The van der Waals surface area contributed by atoms with Crippen molar-refractivity contribution in [2.75, 3.05) is 31.9 Å². The normalized spacial score (nSPS) is 15.9. The molecule has 0 aliphatic carbocycles. The van der Waals surface area contributed by atoms with E-state index in [4.69, 9.17) is 0 Å². The molecule has 0 N–H and O–H groups in total. The molecule has 27 heavy (non-hydrogen) atoms. The molecule has 2 heterocycles. The van der Waals surface area contributed by atoms with E-state index < -0.39 is 10.0 Å². The lowest BCUT2D eigenvalue weighted by Crippen LogP contribution is -2.51. The summed E-state index contributed by atoms with van der Waals surface area (Å²) < 4.78 is 27.7. The maximum absolute atomic E-state index is 13.3. The summed E-state index contributed by atoms with van der Waals surface area (Å²) >= 11 is 0. The number of benzene rings is 1. The number of aryl methyl sites for hydroxylation is 3. The number of nitrogens with zero attached hydrogens (tertiary/aromatic N) is 3. The summed E-state index contributed by atoms with van der Waals surface area (Å²) in [6.45, 7) is 9.19. The second kappa shape index (κ2) is 7.48. The first-order valence-electron chi connectivity index (χ1n) is 9.27. The van der Waals surface area contributed by atoms with Crippen LogP contribution in [0, 0.1) is 20.8 Å². The number of aromatic nitrogens is 1. The molecule has 1 aliphatic heterocycles. The zero-order valence-corrected chi connectivity index (χ0v) is 17.2. The first kappa shape index (κ1) is 19.6. The summed E-state index contributed by atoms with van der Waals surface area (Å²) in [4.78, 5) is 15.0. The van der Waals surface area contributed by atoms with Crippen LogP contribution in [0.4, 0.5) is 0 Å². The van der Waals surface area contributed by atoms with E-state index in [-0.39, 0.29) is 11.7 Å². The van der Waals surface area contributed by atoms with Crippen molar-refractivity contribution in [1.82, 2.24) is 13.8 Å². The predicted octanol–water partition coefficient (Wildman–Crippen LogP) is 2.51. The molecule has 1 fully saturated rings. The minimum absolute atomic E-state index is 0.0465. The van der Waals surface area contributed by atoms with Crippen LogP contribution < -0.4 is 0 Å². The zero-order valence-electron chi connectivity index (χ0n) is 16.4. The van der Waals surface area contributed by atoms with E-state index in [0.717, 1.165) is 22.6 Å². The number of piperazine rings is 1. The van der Waals surface area contributed by atoms with Crippen LogP contribution in [0.25, 0.3) is 5.69 Å². The van der Waals surface area contributed by atoms with Gasteiger partial charge in [-0.2, -0.15) is 4.31 Å². The molecule has 0 saturated carbocycles. The van der Waals surface area contributed by atoms with Gasteiger partial charge >= 0.3 is 0 Å². The molecule has 1 aromatic carbocycles. The van der Waals surface area contributed by atoms with Crippen LogP contribution in [-0.2, 0) is 10.0 Å². The van der Waals surface area contributed by atoms with E-state index in [2.05, 4.69) is 4.57 Å². The minimum Gasteiger partial charge on any atom is -0.336 e. The fraction of sp³-hybridized carbons (Fsp3) is 0.450. The number of rotatable bonds is 4. The van der Waals surface area contributed by atoms with Gasteiger partial charge in [0.05, 0.1) is 17.0 Å². The third kappa shape index (κ3) is 3.80. The lowest BCUT2D eigenvalue weighted by Gasteiger charge is -2.34. The van der Waals surface area contributed by atoms with Crippen LogP contribution in [-0.4, -0.2) is 60.0 Å². The van der Waals surface area contributed by atoms with E-state index in [1.807, 2.05) is 51.1 Å². The molecule has 0 unspecified atom stereocenters. The van der Waals surface area contributed by atoms with Crippen molar-refractivity contribution in [1.29, 1.82) is 0 Å². The Bertz CT molecular complexity index is 935. The van der Waals surface area contributed by atoms with E-state index in [1.165, 1.54) is 4.31 Å². The molecule has 3 rings (SSSR count). The van der Waals surface area contributed by atoms with Crippen molar-refractivity contribution in [2.24, 2.45) is 0 Å². The van der Waals surface area contributed by atoms with Crippen molar-refractivity contribution in [3.8, 4) is 5.69 Å². The molecular weight excluding hydrogens is 362 g/mol. The monoisotopic (exact) mass is 389 g/mol. The summed E-state index contributed by atoms with van der Waals surface area (Å²) in [5, 5.41) is 0. The van der Waals surface area contributed by atoms with Crippen LogP contribution >= 0.6 is 0 Å². The Kier molecular flexibility index (Phi) is 5.44. The van der Waals surface area contributed by atoms with E-state index in [1.54, 1.807) is 11.8 Å². The highest BCUT2D eigenvalue weighted by atomic mass is 32.2. The Morgan fingerprint density at radius 1 is 0.963 bits per heavy atom. The average Bonchev–Trinajstić information content (AvgIpc) is 2.99. The molecule has 1 aromatic heterocycles. The topological polar surface area (TPSA) is 62.6 Å². The zero-order chi connectivity index (χ0) is 19.8. The molecule has 2 aromatic rings. The van der Waals surface area contributed by atoms with Gasteiger partial charge in [-0.3, -0.25) is 4.79 Å².